The van der Waals surface area contributed by atoms with E-state index in [1.54, 1.807) is 6.07 Å². The van der Waals surface area contributed by atoms with Crippen molar-refractivity contribution in [2.45, 2.75) is 70.6 Å². The molecule has 1 aromatic carbocycles. The van der Waals surface area contributed by atoms with E-state index in [4.69, 9.17) is 9.72 Å². The van der Waals surface area contributed by atoms with Crippen LogP contribution in [0.25, 0.3) is 11.2 Å². The Bertz CT molecular complexity index is 1150. The second-order valence-corrected chi connectivity index (χ2v) is 16.6. The van der Waals surface area contributed by atoms with Crippen LogP contribution in [-0.2, 0) is 18.0 Å². The van der Waals surface area contributed by atoms with Crippen molar-refractivity contribution in [3.05, 3.63) is 51.9 Å². The van der Waals surface area contributed by atoms with Crippen LogP contribution in [0.3, 0.4) is 0 Å². The van der Waals surface area contributed by atoms with Crippen LogP contribution in [0.4, 0.5) is 4.39 Å². The number of carbonyl (C=O) groups is 1. The summed E-state index contributed by atoms with van der Waals surface area (Å²) in [5.41, 5.74) is 2.01. The van der Waals surface area contributed by atoms with Gasteiger partial charge in [-0.15, -0.1) is 0 Å². The summed E-state index contributed by atoms with van der Waals surface area (Å²) in [7, 11) is -1.22. The van der Waals surface area contributed by atoms with Crippen molar-refractivity contribution >= 4 is 41.1 Å². The predicted octanol–water partition coefficient (Wildman–Crippen LogP) is 5.63. The first-order chi connectivity index (χ1) is 16.2. The highest BCUT2D eigenvalue weighted by Crippen LogP contribution is 2.35. The Hall–Kier alpha value is -2.17. The van der Waals surface area contributed by atoms with Gasteiger partial charge < -0.3 is 14.6 Å². The summed E-state index contributed by atoms with van der Waals surface area (Å²) in [6.07, 6.45) is 5.86. The molecule has 0 radical (unpaired) electrons. The number of nitrogens with zero attached hydrogens (tertiary/aromatic N) is 4. The molecular weight excluding hydrogens is 517 g/mol. The van der Waals surface area contributed by atoms with Crippen LogP contribution in [0.15, 0.2) is 29.0 Å². The topological polar surface area (TPSA) is 81.9 Å². The van der Waals surface area contributed by atoms with Gasteiger partial charge in [0.1, 0.15) is 30.2 Å². The van der Waals surface area contributed by atoms with Crippen LogP contribution in [0.2, 0.25) is 25.7 Å². The van der Waals surface area contributed by atoms with Crippen LogP contribution in [0.5, 0.6) is 0 Å². The average molecular weight is 549 g/mol. The van der Waals surface area contributed by atoms with Crippen molar-refractivity contribution in [1.29, 1.82) is 0 Å². The minimum absolute atomic E-state index is 0.178. The van der Waals surface area contributed by atoms with Gasteiger partial charge in [0.2, 0.25) is 0 Å². The van der Waals surface area contributed by atoms with Gasteiger partial charge in [-0.3, -0.25) is 4.79 Å². The zero-order valence-corrected chi connectivity index (χ0v) is 22.5. The molecule has 182 valence electrons. The standard InChI is InChI=1S/C24H31BrFN5O2Si/c1-34(2,3)9-8-33-15-31-21-20(24(32)27-13-16-10-18(25)12-19(26)11-16)28-14-29-22(21)30-23(31)17-6-4-5-7-17/h10-12,14,17H,4-9,13,15H2,1-3H3,(H,27,32). The molecule has 1 saturated carbocycles. The van der Waals surface area contributed by atoms with Gasteiger partial charge in [-0.25, -0.2) is 19.3 Å². The summed E-state index contributed by atoms with van der Waals surface area (Å²) < 4.78 is 22.4. The maximum atomic E-state index is 13.7. The second kappa shape index (κ2) is 10.6. The van der Waals surface area contributed by atoms with Gasteiger partial charge in [0.25, 0.3) is 5.91 Å². The molecule has 0 unspecified atom stereocenters. The third-order valence-electron chi connectivity index (χ3n) is 6.10. The van der Waals surface area contributed by atoms with Crippen molar-refractivity contribution in [3.63, 3.8) is 0 Å². The van der Waals surface area contributed by atoms with Gasteiger partial charge >= 0.3 is 0 Å². The van der Waals surface area contributed by atoms with Crippen LogP contribution in [0, 0.1) is 5.82 Å². The molecule has 1 aliphatic carbocycles. The Morgan fingerprint density at radius 3 is 2.71 bits per heavy atom. The van der Waals surface area contributed by atoms with E-state index >= 15 is 0 Å². The lowest BCUT2D eigenvalue weighted by Crippen LogP contribution is -2.25. The highest BCUT2D eigenvalue weighted by molar-refractivity contribution is 9.10. The van der Waals surface area contributed by atoms with Crippen molar-refractivity contribution in [2.24, 2.45) is 0 Å². The van der Waals surface area contributed by atoms with Gasteiger partial charge in [0.05, 0.1) is 0 Å². The number of benzene rings is 1. The summed E-state index contributed by atoms with van der Waals surface area (Å²) in [6.45, 7) is 8.12. The summed E-state index contributed by atoms with van der Waals surface area (Å²) in [5.74, 6) is 0.534. The van der Waals surface area contributed by atoms with Crippen molar-refractivity contribution in [2.75, 3.05) is 6.61 Å². The fourth-order valence-corrected chi connectivity index (χ4v) is 5.56. The smallest absolute Gasteiger partial charge is 0.272 e. The van der Waals surface area contributed by atoms with E-state index in [2.05, 4.69) is 50.9 Å². The Morgan fingerprint density at radius 2 is 2.00 bits per heavy atom. The molecule has 1 N–H and O–H groups in total. The second-order valence-electron chi connectivity index (χ2n) is 10.1. The minimum Gasteiger partial charge on any atom is -0.361 e. The van der Waals surface area contributed by atoms with E-state index < -0.39 is 8.07 Å². The number of aromatic nitrogens is 4. The fraction of sp³-hybridized carbons (Fsp3) is 0.500. The first-order valence-corrected chi connectivity index (χ1v) is 16.2. The largest absolute Gasteiger partial charge is 0.361 e. The highest BCUT2D eigenvalue weighted by atomic mass is 79.9. The normalized spacial score (nSPS) is 14.7. The number of amides is 1. The van der Waals surface area contributed by atoms with Gasteiger partial charge in [-0.2, -0.15) is 0 Å². The zero-order chi connectivity index (χ0) is 24.3. The van der Waals surface area contributed by atoms with Crippen LogP contribution < -0.4 is 5.32 Å². The monoisotopic (exact) mass is 547 g/mol. The maximum absolute atomic E-state index is 13.7. The average Bonchev–Trinajstić information content (AvgIpc) is 3.41. The number of hydrogen-bond donors (Lipinski definition) is 1. The molecule has 0 spiro atoms. The number of fused-ring (bicyclic) bond motifs is 1. The van der Waals surface area contributed by atoms with Crippen LogP contribution in [-0.4, -0.2) is 40.1 Å². The summed E-state index contributed by atoms with van der Waals surface area (Å²) in [6, 6.07) is 5.61. The minimum atomic E-state index is -1.22. The molecule has 1 aliphatic rings. The number of halogens is 2. The van der Waals surface area contributed by atoms with Gasteiger partial charge in [-0.05, 0) is 42.6 Å². The number of ether oxygens (including phenoxy) is 1. The van der Waals surface area contributed by atoms with E-state index in [0.29, 0.717) is 40.5 Å². The number of carbonyl (C=O) groups excluding carboxylic acids is 1. The van der Waals surface area contributed by atoms with E-state index in [1.807, 2.05) is 4.57 Å². The number of nitrogens with one attached hydrogen (secondary N) is 1. The molecule has 1 amide bonds. The van der Waals surface area contributed by atoms with E-state index in [1.165, 1.54) is 31.3 Å². The Balaban J connectivity index is 1.61. The molecule has 7 nitrogen and oxygen atoms in total. The number of imidazole rings is 1. The molecule has 0 atom stereocenters. The number of rotatable bonds is 9. The quantitative estimate of drug-likeness (QED) is 0.277. The third kappa shape index (κ3) is 6.08. The lowest BCUT2D eigenvalue weighted by Gasteiger charge is -2.18. The first-order valence-electron chi connectivity index (χ1n) is 11.7. The van der Waals surface area contributed by atoms with Crippen molar-refractivity contribution in [1.82, 2.24) is 24.8 Å². The molecule has 3 aromatic rings. The van der Waals surface area contributed by atoms with Gasteiger partial charge in [-0.1, -0.05) is 48.4 Å². The molecule has 34 heavy (non-hydrogen) atoms. The maximum Gasteiger partial charge on any atom is 0.272 e. The fourth-order valence-electron chi connectivity index (χ4n) is 4.29. The van der Waals surface area contributed by atoms with Crippen molar-refractivity contribution in [3.8, 4) is 0 Å². The molecule has 4 rings (SSSR count). The molecule has 1 fully saturated rings. The Morgan fingerprint density at radius 1 is 1.24 bits per heavy atom. The first kappa shape index (κ1) is 24.9. The summed E-state index contributed by atoms with van der Waals surface area (Å²) >= 11 is 3.29. The molecular formula is C24H31BrFN5O2Si. The lowest BCUT2D eigenvalue weighted by molar-refractivity contribution is 0.0865. The summed E-state index contributed by atoms with van der Waals surface area (Å²) in [4.78, 5) is 26.6. The third-order valence-corrected chi connectivity index (χ3v) is 8.26. The molecule has 2 aromatic heterocycles. The predicted molar refractivity (Wildman–Crippen MR) is 136 cm³/mol. The van der Waals surface area contributed by atoms with E-state index in [9.17, 15) is 9.18 Å². The lowest BCUT2D eigenvalue weighted by atomic mass is 10.1. The van der Waals surface area contributed by atoms with Gasteiger partial charge in [0, 0.05) is 31.6 Å². The molecule has 0 aliphatic heterocycles. The van der Waals surface area contributed by atoms with Gasteiger partial charge in [0.15, 0.2) is 11.3 Å². The van der Waals surface area contributed by atoms with Crippen LogP contribution in [0.1, 0.15) is 53.5 Å². The molecule has 0 saturated heterocycles. The Kier molecular flexibility index (Phi) is 7.79. The van der Waals surface area contributed by atoms with Crippen LogP contribution >= 0.6 is 15.9 Å². The number of hydrogen-bond acceptors (Lipinski definition) is 5. The molecule has 10 heteroatoms. The van der Waals surface area contributed by atoms with Crippen molar-refractivity contribution < 1.29 is 13.9 Å². The Labute approximate surface area is 208 Å². The van der Waals surface area contributed by atoms with E-state index in [0.717, 1.165) is 24.7 Å². The molecule has 0 bridgehead atoms. The summed E-state index contributed by atoms with van der Waals surface area (Å²) in [5, 5.41) is 2.86. The van der Waals surface area contributed by atoms with E-state index in [-0.39, 0.29) is 24.0 Å². The zero-order valence-electron chi connectivity index (χ0n) is 19.9. The highest BCUT2D eigenvalue weighted by Gasteiger charge is 2.27. The SMILES string of the molecule is C[Si](C)(C)CCOCn1c(C2CCCC2)nc2ncnc(C(=O)NCc3cc(F)cc(Br)c3)c21. The molecule has 2 heterocycles.